The van der Waals surface area contributed by atoms with Crippen molar-refractivity contribution in [1.29, 1.82) is 0 Å². The van der Waals surface area contributed by atoms with Gasteiger partial charge in [0.15, 0.2) is 0 Å². The van der Waals surface area contributed by atoms with Crippen LogP contribution in [0.1, 0.15) is 34.1 Å². The summed E-state index contributed by atoms with van der Waals surface area (Å²) in [6.07, 6.45) is -0.206. The van der Waals surface area contributed by atoms with Gasteiger partial charge in [0.05, 0.1) is 13.2 Å². The third kappa shape index (κ3) is 5.63. The van der Waals surface area contributed by atoms with Gasteiger partial charge in [0.2, 0.25) is 0 Å². The third-order valence-corrected chi connectivity index (χ3v) is 2.60. The normalized spacial score (nSPS) is 13.3. The van der Waals surface area contributed by atoms with E-state index in [9.17, 15) is 19.2 Å². The largest absolute Gasteiger partial charge is 0.465 e. The molecule has 0 fully saturated rings. The molecule has 108 valence electrons. The number of rotatable bonds is 8. The lowest BCUT2D eigenvalue weighted by molar-refractivity contribution is -0.155. The summed E-state index contributed by atoms with van der Waals surface area (Å²) in [4.78, 5) is 46.1. The number of hydrogen-bond donors (Lipinski definition) is 0. The highest BCUT2D eigenvalue weighted by atomic mass is 16.5. The van der Waals surface area contributed by atoms with E-state index >= 15 is 0 Å². The molecule has 0 aromatic rings. The highest BCUT2D eigenvalue weighted by molar-refractivity contribution is 6.02. The zero-order valence-corrected chi connectivity index (χ0v) is 11.7. The second-order valence-electron chi connectivity index (χ2n) is 4.07. The summed E-state index contributed by atoms with van der Waals surface area (Å²) in [6.45, 7) is 5.94. The Morgan fingerprint density at radius 2 is 1.11 bits per heavy atom. The summed E-state index contributed by atoms with van der Waals surface area (Å²) in [6, 6.07) is 0. The van der Waals surface area contributed by atoms with Crippen molar-refractivity contribution in [2.45, 2.75) is 34.1 Å². The minimum absolute atomic E-state index is 0.132. The van der Waals surface area contributed by atoms with Crippen molar-refractivity contribution in [1.82, 2.24) is 0 Å². The summed E-state index contributed by atoms with van der Waals surface area (Å²) in [5, 5.41) is 0. The van der Waals surface area contributed by atoms with Gasteiger partial charge in [-0.05, 0) is 34.1 Å². The molecule has 6 heteroatoms. The van der Waals surface area contributed by atoms with E-state index < -0.39 is 35.3 Å². The summed E-state index contributed by atoms with van der Waals surface area (Å²) in [7, 11) is 0. The number of ketones is 2. The van der Waals surface area contributed by atoms with Gasteiger partial charge in [-0.15, -0.1) is 0 Å². The molecule has 0 aliphatic rings. The molecule has 0 amide bonds. The lowest BCUT2D eigenvalue weighted by atomic mass is 9.89. The van der Waals surface area contributed by atoms with Gasteiger partial charge in [0.1, 0.15) is 23.4 Å². The standard InChI is InChI=1S/C13H20O6/c1-5-18-12(16)10(8(3)14)7-11(9(4)15)13(17)19-6-2/h10-11H,5-7H2,1-4H3. The first kappa shape index (κ1) is 17.3. The molecule has 0 radical (unpaired) electrons. The van der Waals surface area contributed by atoms with E-state index in [2.05, 4.69) is 0 Å². The van der Waals surface area contributed by atoms with Crippen LogP contribution in [0, 0.1) is 11.8 Å². The fourth-order valence-electron chi connectivity index (χ4n) is 1.58. The molecule has 0 saturated heterocycles. The summed E-state index contributed by atoms with van der Waals surface area (Å²) >= 11 is 0. The van der Waals surface area contributed by atoms with Crippen LogP contribution in [0.25, 0.3) is 0 Å². The molecule has 2 atom stereocenters. The van der Waals surface area contributed by atoms with Crippen molar-refractivity contribution in [3.8, 4) is 0 Å². The number of ether oxygens (including phenoxy) is 2. The fraction of sp³-hybridized carbons (Fsp3) is 0.692. The van der Waals surface area contributed by atoms with Gasteiger partial charge in [-0.2, -0.15) is 0 Å². The van der Waals surface area contributed by atoms with Crippen LogP contribution in [0.15, 0.2) is 0 Å². The predicted molar refractivity (Wildman–Crippen MR) is 66.2 cm³/mol. The lowest BCUT2D eigenvalue weighted by Gasteiger charge is -2.17. The van der Waals surface area contributed by atoms with Gasteiger partial charge in [-0.1, -0.05) is 0 Å². The lowest BCUT2D eigenvalue weighted by Crippen LogP contribution is -2.33. The SMILES string of the molecule is CCOC(=O)C(CC(C(C)=O)C(=O)OCC)C(C)=O. The van der Waals surface area contributed by atoms with Crippen LogP contribution in [-0.4, -0.2) is 36.7 Å². The van der Waals surface area contributed by atoms with E-state index in [-0.39, 0.29) is 19.6 Å². The summed E-state index contributed by atoms with van der Waals surface area (Å²) in [5.74, 6) is -4.53. The Bertz CT molecular complexity index is 326. The molecule has 0 N–H and O–H groups in total. The van der Waals surface area contributed by atoms with Crippen molar-refractivity contribution in [2.75, 3.05) is 13.2 Å². The zero-order chi connectivity index (χ0) is 15.0. The Balaban J connectivity index is 4.95. The minimum Gasteiger partial charge on any atom is -0.465 e. The molecule has 0 aliphatic heterocycles. The molecule has 0 heterocycles. The summed E-state index contributed by atoms with van der Waals surface area (Å²) < 4.78 is 9.52. The zero-order valence-electron chi connectivity index (χ0n) is 11.7. The van der Waals surface area contributed by atoms with Gasteiger partial charge in [0, 0.05) is 0 Å². The Morgan fingerprint density at radius 1 is 0.789 bits per heavy atom. The molecule has 0 saturated carbocycles. The highest BCUT2D eigenvalue weighted by Gasteiger charge is 2.34. The van der Waals surface area contributed by atoms with Crippen LogP contribution in [0.5, 0.6) is 0 Å². The predicted octanol–water partition coefficient (Wildman–Crippen LogP) is 0.913. The topological polar surface area (TPSA) is 86.7 Å². The molecular weight excluding hydrogens is 252 g/mol. The molecule has 0 bridgehead atoms. The minimum atomic E-state index is -1.11. The maximum absolute atomic E-state index is 11.6. The Hall–Kier alpha value is -1.72. The highest BCUT2D eigenvalue weighted by Crippen LogP contribution is 2.18. The number of carbonyl (C=O) groups excluding carboxylic acids is 4. The number of Topliss-reactive ketones (excluding diaryl/α,β-unsaturated/α-hetero) is 2. The number of hydrogen-bond acceptors (Lipinski definition) is 6. The van der Waals surface area contributed by atoms with Crippen LogP contribution in [-0.2, 0) is 28.7 Å². The van der Waals surface area contributed by atoms with Crippen molar-refractivity contribution < 1.29 is 28.7 Å². The van der Waals surface area contributed by atoms with Crippen LogP contribution in [0.4, 0.5) is 0 Å². The molecule has 6 nitrogen and oxygen atoms in total. The van der Waals surface area contributed by atoms with Crippen molar-refractivity contribution in [3.63, 3.8) is 0 Å². The van der Waals surface area contributed by atoms with E-state index in [1.54, 1.807) is 13.8 Å². The summed E-state index contributed by atoms with van der Waals surface area (Å²) in [5.41, 5.74) is 0. The van der Waals surface area contributed by atoms with Gasteiger partial charge in [0.25, 0.3) is 0 Å². The average molecular weight is 272 g/mol. The number of carbonyl (C=O) groups is 4. The maximum atomic E-state index is 11.6. The van der Waals surface area contributed by atoms with E-state index in [1.165, 1.54) is 13.8 Å². The van der Waals surface area contributed by atoms with Gasteiger partial charge < -0.3 is 9.47 Å². The van der Waals surface area contributed by atoms with Gasteiger partial charge >= 0.3 is 11.9 Å². The van der Waals surface area contributed by atoms with Crippen molar-refractivity contribution in [2.24, 2.45) is 11.8 Å². The van der Waals surface area contributed by atoms with E-state index in [4.69, 9.17) is 9.47 Å². The molecule has 2 unspecified atom stereocenters. The van der Waals surface area contributed by atoms with Crippen molar-refractivity contribution >= 4 is 23.5 Å². The van der Waals surface area contributed by atoms with Gasteiger partial charge in [-0.25, -0.2) is 0 Å². The Morgan fingerprint density at radius 3 is 1.32 bits per heavy atom. The first-order valence-corrected chi connectivity index (χ1v) is 6.19. The first-order valence-electron chi connectivity index (χ1n) is 6.19. The molecule has 0 spiro atoms. The fourth-order valence-corrected chi connectivity index (χ4v) is 1.58. The van der Waals surface area contributed by atoms with Crippen molar-refractivity contribution in [3.05, 3.63) is 0 Å². The third-order valence-electron chi connectivity index (χ3n) is 2.60. The maximum Gasteiger partial charge on any atom is 0.316 e. The Kier molecular flexibility index (Phi) is 7.63. The molecule has 0 aromatic heterocycles. The molecule has 0 aromatic carbocycles. The monoisotopic (exact) mass is 272 g/mol. The molecule has 0 aliphatic carbocycles. The number of esters is 2. The second-order valence-corrected chi connectivity index (χ2v) is 4.07. The van der Waals surface area contributed by atoms with E-state index in [0.717, 1.165) is 0 Å². The molecule has 0 rings (SSSR count). The van der Waals surface area contributed by atoms with Crippen LogP contribution in [0.3, 0.4) is 0 Å². The smallest absolute Gasteiger partial charge is 0.316 e. The molecular formula is C13H20O6. The quantitative estimate of drug-likeness (QED) is 0.482. The Labute approximate surface area is 112 Å². The van der Waals surface area contributed by atoms with Crippen LogP contribution in [0.2, 0.25) is 0 Å². The van der Waals surface area contributed by atoms with E-state index in [0.29, 0.717) is 0 Å². The second kappa shape index (κ2) is 8.39. The average Bonchev–Trinajstić information content (AvgIpc) is 2.29. The molecule has 19 heavy (non-hydrogen) atoms. The van der Waals surface area contributed by atoms with Crippen LogP contribution < -0.4 is 0 Å². The first-order chi connectivity index (χ1) is 8.84. The van der Waals surface area contributed by atoms with Crippen LogP contribution >= 0.6 is 0 Å². The van der Waals surface area contributed by atoms with E-state index in [1.807, 2.05) is 0 Å². The van der Waals surface area contributed by atoms with Gasteiger partial charge in [-0.3, -0.25) is 19.2 Å².